The van der Waals surface area contributed by atoms with Crippen molar-refractivity contribution in [3.05, 3.63) is 40.6 Å². The number of carbonyl (C=O) groups excluding carboxylic acids is 1. The van der Waals surface area contributed by atoms with Crippen LogP contribution in [0.1, 0.15) is 4.88 Å². The summed E-state index contributed by atoms with van der Waals surface area (Å²) in [5.74, 6) is 0.827. The Morgan fingerprint density at radius 1 is 1.32 bits per heavy atom. The first kappa shape index (κ1) is 15.8. The van der Waals surface area contributed by atoms with Gasteiger partial charge in [-0.3, -0.25) is 4.79 Å². The molecule has 1 heterocycles. The van der Waals surface area contributed by atoms with Gasteiger partial charge in [0.2, 0.25) is 0 Å². The summed E-state index contributed by atoms with van der Waals surface area (Å²) in [6, 6.07) is 8.93. The maximum Gasteiger partial charge on any atom is 0.265 e. The van der Waals surface area contributed by atoms with Crippen LogP contribution < -0.4 is 14.8 Å². The van der Waals surface area contributed by atoms with Gasteiger partial charge in [0.25, 0.3) is 5.91 Å². The number of hydrogen-bond donors (Lipinski definition) is 1. The summed E-state index contributed by atoms with van der Waals surface area (Å²) in [5, 5.41) is 8.36. The molecular weight excluding hydrogens is 304 g/mol. The molecule has 0 unspecified atom stereocenters. The van der Waals surface area contributed by atoms with Crippen molar-refractivity contribution in [3.63, 3.8) is 0 Å². The molecule has 0 aliphatic rings. The van der Waals surface area contributed by atoms with E-state index in [1.54, 1.807) is 31.5 Å². The van der Waals surface area contributed by atoms with Crippen LogP contribution in [0.5, 0.6) is 11.5 Å². The van der Waals surface area contributed by atoms with Gasteiger partial charge >= 0.3 is 0 Å². The molecule has 1 aromatic heterocycles. The summed E-state index contributed by atoms with van der Waals surface area (Å²) in [7, 11) is 3.08. The molecule has 7 heteroatoms. The van der Waals surface area contributed by atoms with Gasteiger partial charge in [-0.05, 0) is 23.6 Å². The fraction of sp³-hybridized carbons (Fsp3) is 0.200. The summed E-state index contributed by atoms with van der Waals surface area (Å²) < 4.78 is 10.3. The van der Waals surface area contributed by atoms with Crippen molar-refractivity contribution in [2.75, 3.05) is 26.1 Å². The molecule has 0 saturated carbocycles. The highest BCUT2D eigenvalue weighted by atomic mass is 32.1. The average Bonchev–Trinajstić information content (AvgIpc) is 3.05. The monoisotopic (exact) mass is 320 g/mol. The maximum absolute atomic E-state index is 11.8. The quantitative estimate of drug-likeness (QED) is 0.629. The van der Waals surface area contributed by atoms with Crippen LogP contribution in [-0.2, 0) is 9.63 Å². The molecule has 6 nitrogen and oxygen atoms in total. The lowest BCUT2D eigenvalue weighted by Gasteiger charge is -2.11. The number of hydrogen-bond acceptors (Lipinski definition) is 6. The number of amides is 1. The number of benzene rings is 1. The SMILES string of the molecule is COc1ccc(NC(=O)CO/N=C/c2cccs2)c(OC)c1. The third kappa shape index (κ3) is 4.49. The smallest absolute Gasteiger partial charge is 0.265 e. The first-order valence-electron chi connectivity index (χ1n) is 6.43. The second kappa shape index (κ2) is 8.04. The topological polar surface area (TPSA) is 69.2 Å². The first-order chi connectivity index (χ1) is 10.7. The number of rotatable bonds is 7. The summed E-state index contributed by atoms with van der Waals surface area (Å²) in [6.45, 7) is -0.183. The lowest BCUT2D eigenvalue weighted by molar-refractivity contribution is -0.120. The predicted molar refractivity (Wildman–Crippen MR) is 86.0 cm³/mol. The highest BCUT2D eigenvalue weighted by Crippen LogP contribution is 2.28. The van der Waals surface area contributed by atoms with Gasteiger partial charge < -0.3 is 19.6 Å². The van der Waals surface area contributed by atoms with Gasteiger partial charge in [-0.2, -0.15) is 0 Å². The Kier molecular flexibility index (Phi) is 5.79. The normalized spacial score (nSPS) is 10.5. The Labute approximate surface area is 132 Å². The molecule has 0 atom stereocenters. The highest BCUT2D eigenvalue weighted by Gasteiger charge is 2.09. The standard InChI is InChI=1S/C15H16N2O4S/c1-19-11-5-6-13(14(8-11)20-2)17-15(18)10-21-16-9-12-4-3-7-22-12/h3-9H,10H2,1-2H3,(H,17,18)/b16-9+. The first-order valence-corrected chi connectivity index (χ1v) is 7.31. The minimum Gasteiger partial charge on any atom is -0.497 e. The highest BCUT2D eigenvalue weighted by molar-refractivity contribution is 7.11. The molecule has 116 valence electrons. The Morgan fingerprint density at radius 2 is 2.18 bits per heavy atom. The van der Waals surface area contributed by atoms with E-state index in [-0.39, 0.29) is 12.5 Å². The number of nitrogens with one attached hydrogen (secondary N) is 1. The molecule has 0 radical (unpaired) electrons. The maximum atomic E-state index is 11.8. The van der Waals surface area contributed by atoms with Gasteiger partial charge in [0.15, 0.2) is 6.61 Å². The number of thiophene rings is 1. The Morgan fingerprint density at radius 3 is 2.86 bits per heavy atom. The van der Waals surface area contributed by atoms with Crippen molar-refractivity contribution in [2.24, 2.45) is 5.16 Å². The second-order valence-corrected chi connectivity index (χ2v) is 5.12. The molecule has 1 amide bonds. The second-order valence-electron chi connectivity index (χ2n) is 4.14. The number of ether oxygens (including phenoxy) is 2. The van der Waals surface area contributed by atoms with E-state index in [9.17, 15) is 4.79 Å². The van der Waals surface area contributed by atoms with Crippen molar-refractivity contribution < 1.29 is 19.1 Å². The number of nitrogens with zero attached hydrogens (tertiary/aromatic N) is 1. The van der Waals surface area contributed by atoms with Gasteiger partial charge in [-0.25, -0.2) is 0 Å². The Bertz CT molecular complexity index is 641. The molecule has 2 aromatic rings. The third-order valence-corrected chi connectivity index (χ3v) is 3.48. The summed E-state index contributed by atoms with van der Waals surface area (Å²) in [5.41, 5.74) is 0.541. The van der Waals surface area contributed by atoms with Crippen molar-refractivity contribution in [1.29, 1.82) is 0 Å². The lowest BCUT2D eigenvalue weighted by Crippen LogP contribution is -2.17. The van der Waals surface area contributed by atoms with Gasteiger partial charge in [-0.1, -0.05) is 11.2 Å². The molecule has 0 aliphatic heterocycles. The van der Waals surface area contributed by atoms with Gasteiger partial charge in [0.05, 0.1) is 26.1 Å². The molecule has 22 heavy (non-hydrogen) atoms. The van der Waals surface area contributed by atoms with Gasteiger partial charge in [0, 0.05) is 10.9 Å². The molecule has 0 spiro atoms. The summed E-state index contributed by atoms with van der Waals surface area (Å²) in [6.07, 6.45) is 1.56. The average molecular weight is 320 g/mol. The van der Waals surface area contributed by atoms with Crippen LogP contribution >= 0.6 is 11.3 Å². The fourth-order valence-electron chi connectivity index (χ4n) is 1.64. The molecule has 1 aromatic carbocycles. The van der Waals surface area contributed by atoms with E-state index in [0.717, 1.165) is 4.88 Å². The predicted octanol–water partition coefficient (Wildman–Crippen LogP) is 2.75. The van der Waals surface area contributed by atoms with Crippen LogP contribution in [-0.4, -0.2) is 32.9 Å². The van der Waals surface area contributed by atoms with Gasteiger partial charge in [0.1, 0.15) is 11.5 Å². The van der Waals surface area contributed by atoms with Crippen LogP contribution in [0.3, 0.4) is 0 Å². The third-order valence-electron chi connectivity index (χ3n) is 2.68. The molecular formula is C15H16N2O4S. The van der Waals surface area contributed by atoms with Crippen LogP contribution in [0, 0.1) is 0 Å². The van der Waals surface area contributed by atoms with Crippen molar-refractivity contribution in [2.45, 2.75) is 0 Å². The van der Waals surface area contributed by atoms with Crippen molar-refractivity contribution in [3.8, 4) is 11.5 Å². The zero-order valence-electron chi connectivity index (χ0n) is 12.2. The van der Waals surface area contributed by atoms with E-state index in [2.05, 4.69) is 10.5 Å². The zero-order valence-corrected chi connectivity index (χ0v) is 13.1. The van der Waals surface area contributed by atoms with E-state index in [1.807, 2.05) is 17.5 Å². The van der Waals surface area contributed by atoms with E-state index >= 15 is 0 Å². The van der Waals surface area contributed by atoms with Crippen LogP contribution in [0.25, 0.3) is 0 Å². The van der Waals surface area contributed by atoms with Crippen molar-refractivity contribution in [1.82, 2.24) is 0 Å². The van der Waals surface area contributed by atoms with E-state index in [4.69, 9.17) is 14.3 Å². The summed E-state index contributed by atoms with van der Waals surface area (Å²) in [4.78, 5) is 17.7. The zero-order chi connectivity index (χ0) is 15.8. The van der Waals surface area contributed by atoms with E-state index < -0.39 is 0 Å². The number of methoxy groups -OCH3 is 2. The number of anilines is 1. The number of oxime groups is 1. The molecule has 2 rings (SSSR count). The van der Waals surface area contributed by atoms with Gasteiger partial charge in [-0.15, -0.1) is 11.3 Å². The molecule has 0 saturated heterocycles. The van der Waals surface area contributed by atoms with E-state index in [1.165, 1.54) is 18.4 Å². The Balaban J connectivity index is 1.86. The van der Waals surface area contributed by atoms with Crippen molar-refractivity contribution >= 4 is 29.1 Å². The molecule has 1 N–H and O–H groups in total. The summed E-state index contributed by atoms with van der Waals surface area (Å²) >= 11 is 1.53. The minimum absolute atomic E-state index is 0.183. The molecule has 0 bridgehead atoms. The van der Waals surface area contributed by atoms with E-state index in [0.29, 0.717) is 17.2 Å². The minimum atomic E-state index is -0.327. The Hall–Kier alpha value is -2.54. The lowest BCUT2D eigenvalue weighted by atomic mass is 10.2. The van der Waals surface area contributed by atoms with Crippen LogP contribution in [0.2, 0.25) is 0 Å². The molecule has 0 aliphatic carbocycles. The largest absolute Gasteiger partial charge is 0.497 e. The fourth-order valence-corrected chi connectivity index (χ4v) is 2.21. The molecule has 0 fully saturated rings. The van der Waals surface area contributed by atoms with Crippen LogP contribution in [0.4, 0.5) is 5.69 Å². The number of carbonyl (C=O) groups is 1. The van der Waals surface area contributed by atoms with Crippen LogP contribution in [0.15, 0.2) is 40.9 Å².